The first-order chi connectivity index (χ1) is 9.92. The number of hydrogen-bond acceptors (Lipinski definition) is 2. The maximum Gasteiger partial charge on any atom is 0.322 e. The van der Waals surface area contributed by atoms with Crippen LogP contribution in [0.1, 0.15) is 33.6 Å². The zero-order valence-electron chi connectivity index (χ0n) is 12.8. The van der Waals surface area contributed by atoms with Crippen LogP contribution in [0.3, 0.4) is 0 Å². The number of urea groups is 1. The standard InChI is InChI=1S/C17H22N2O2/c1-16(2)12-9-10-17(3,21-16)14-13(12)19(14)15(20)18-11-7-5-4-6-8-11/h4-8,12-14H,9-10H2,1-3H3,(H,18,20). The second-order valence-electron chi connectivity index (χ2n) is 7.30. The summed E-state index contributed by atoms with van der Waals surface area (Å²) in [6.45, 7) is 6.49. The molecule has 2 amide bonds. The molecular formula is C17H22N2O2. The second kappa shape index (κ2) is 4.01. The van der Waals surface area contributed by atoms with Crippen LogP contribution >= 0.6 is 0 Å². The van der Waals surface area contributed by atoms with E-state index in [1.54, 1.807) is 0 Å². The van der Waals surface area contributed by atoms with Crippen molar-refractivity contribution in [3.8, 4) is 0 Å². The van der Waals surface area contributed by atoms with E-state index in [0.717, 1.165) is 18.5 Å². The summed E-state index contributed by atoms with van der Waals surface area (Å²) in [6, 6.07) is 10.2. The first-order valence-corrected chi connectivity index (χ1v) is 7.77. The van der Waals surface area contributed by atoms with Gasteiger partial charge in [-0.25, -0.2) is 4.79 Å². The Morgan fingerprint density at radius 3 is 2.67 bits per heavy atom. The van der Waals surface area contributed by atoms with Crippen molar-refractivity contribution in [2.45, 2.75) is 56.9 Å². The lowest BCUT2D eigenvalue weighted by molar-refractivity contribution is -0.214. The third kappa shape index (κ3) is 1.81. The van der Waals surface area contributed by atoms with Crippen molar-refractivity contribution in [2.24, 2.45) is 5.92 Å². The first-order valence-electron chi connectivity index (χ1n) is 7.77. The van der Waals surface area contributed by atoms with E-state index < -0.39 is 0 Å². The van der Waals surface area contributed by atoms with E-state index in [0.29, 0.717) is 12.0 Å². The number of fused-ring (bicyclic) bond motifs is 2. The van der Waals surface area contributed by atoms with Gasteiger partial charge in [0.15, 0.2) is 0 Å². The predicted octanol–water partition coefficient (Wildman–Crippen LogP) is 3.25. The number of anilines is 1. The largest absolute Gasteiger partial charge is 0.367 e. The van der Waals surface area contributed by atoms with Gasteiger partial charge >= 0.3 is 6.03 Å². The number of rotatable bonds is 1. The van der Waals surface area contributed by atoms with Crippen LogP contribution in [-0.4, -0.2) is 34.2 Å². The fourth-order valence-corrected chi connectivity index (χ4v) is 4.60. The molecule has 0 aromatic heterocycles. The Labute approximate surface area is 125 Å². The van der Waals surface area contributed by atoms with Gasteiger partial charge in [0.1, 0.15) is 0 Å². The van der Waals surface area contributed by atoms with Gasteiger partial charge in [0.05, 0.1) is 23.3 Å². The molecule has 4 heteroatoms. The summed E-state index contributed by atoms with van der Waals surface area (Å²) >= 11 is 0. The van der Waals surface area contributed by atoms with Gasteiger partial charge in [0.25, 0.3) is 0 Å². The fraction of sp³-hybridized carbons (Fsp3) is 0.588. The van der Waals surface area contributed by atoms with Crippen LogP contribution in [0, 0.1) is 5.92 Å². The van der Waals surface area contributed by atoms with Gasteiger partial charge in [-0.15, -0.1) is 0 Å². The smallest absolute Gasteiger partial charge is 0.322 e. The molecule has 0 radical (unpaired) electrons. The fourth-order valence-electron chi connectivity index (χ4n) is 4.60. The summed E-state index contributed by atoms with van der Waals surface area (Å²) in [4.78, 5) is 14.6. The van der Waals surface area contributed by atoms with Crippen LogP contribution in [0.15, 0.2) is 30.3 Å². The number of likely N-dealkylation sites (tertiary alicyclic amines) is 1. The van der Waals surface area contributed by atoms with E-state index in [-0.39, 0.29) is 23.3 Å². The molecule has 1 N–H and O–H groups in total. The number of hydrogen-bond donors (Lipinski definition) is 1. The normalized spacial score (nSPS) is 38.8. The lowest BCUT2D eigenvalue weighted by Crippen LogP contribution is -2.58. The molecule has 4 fully saturated rings. The Morgan fingerprint density at radius 2 is 2.00 bits per heavy atom. The minimum Gasteiger partial charge on any atom is -0.367 e. The second-order valence-corrected chi connectivity index (χ2v) is 7.30. The predicted molar refractivity (Wildman–Crippen MR) is 81.2 cm³/mol. The molecule has 0 spiro atoms. The number of carbonyl (C=O) groups excluding carboxylic acids is 1. The summed E-state index contributed by atoms with van der Waals surface area (Å²) in [5.74, 6) is 0.450. The number of ether oxygens (including phenoxy) is 1. The van der Waals surface area contributed by atoms with Crippen LogP contribution in [0.4, 0.5) is 10.5 Å². The summed E-state index contributed by atoms with van der Waals surface area (Å²) in [7, 11) is 0. The van der Waals surface area contributed by atoms with E-state index in [4.69, 9.17) is 4.74 Å². The third-order valence-corrected chi connectivity index (χ3v) is 5.49. The van der Waals surface area contributed by atoms with Crippen LogP contribution < -0.4 is 5.32 Å². The van der Waals surface area contributed by atoms with E-state index in [1.165, 1.54) is 0 Å². The van der Waals surface area contributed by atoms with Gasteiger partial charge in [-0.05, 0) is 45.7 Å². The monoisotopic (exact) mass is 286 g/mol. The molecule has 2 bridgehead atoms. The highest BCUT2D eigenvalue weighted by Gasteiger charge is 2.72. The number of nitrogens with one attached hydrogen (secondary N) is 1. The van der Waals surface area contributed by atoms with Crippen molar-refractivity contribution in [1.29, 1.82) is 0 Å². The lowest BCUT2D eigenvalue weighted by atomic mass is 9.69. The zero-order valence-corrected chi connectivity index (χ0v) is 12.8. The minimum absolute atomic E-state index is 0.00984. The van der Waals surface area contributed by atoms with Gasteiger partial charge in [0.2, 0.25) is 0 Å². The Kier molecular flexibility index (Phi) is 2.51. The average Bonchev–Trinajstić information content (AvgIpc) is 3.15. The molecule has 4 aliphatic rings. The minimum atomic E-state index is -0.184. The molecule has 4 unspecified atom stereocenters. The molecule has 3 heterocycles. The molecule has 1 aliphatic carbocycles. The van der Waals surface area contributed by atoms with Gasteiger partial charge in [-0.1, -0.05) is 18.2 Å². The lowest BCUT2D eigenvalue weighted by Gasteiger charge is -2.51. The van der Waals surface area contributed by atoms with Crippen molar-refractivity contribution >= 4 is 11.7 Å². The van der Waals surface area contributed by atoms with Crippen LogP contribution in [0.5, 0.6) is 0 Å². The van der Waals surface area contributed by atoms with Crippen molar-refractivity contribution in [3.63, 3.8) is 0 Å². The highest BCUT2D eigenvalue weighted by molar-refractivity contribution is 5.92. The maximum atomic E-state index is 12.6. The van der Waals surface area contributed by atoms with E-state index in [2.05, 4.69) is 26.1 Å². The Morgan fingerprint density at radius 1 is 1.29 bits per heavy atom. The van der Waals surface area contributed by atoms with Crippen molar-refractivity contribution in [1.82, 2.24) is 4.90 Å². The van der Waals surface area contributed by atoms with Crippen LogP contribution in [0.2, 0.25) is 0 Å². The molecule has 1 aromatic rings. The number of nitrogens with zero attached hydrogens (tertiary/aromatic N) is 1. The van der Waals surface area contributed by atoms with Crippen molar-refractivity contribution in [2.75, 3.05) is 5.32 Å². The van der Waals surface area contributed by atoms with Gasteiger partial charge in [-0.3, -0.25) is 0 Å². The van der Waals surface area contributed by atoms with Crippen molar-refractivity contribution < 1.29 is 9.53 Å². The SMILES string of the molecule is CC1(C)OC2(C)CCC1C1C2N1C(=O)Nc1ccccc1. The van der Waals surface area contributed by atoms with Gasteiger partial charge < -0.3 is 15.0 Å². The number of carbonyl (C=O) groups is 1. The van der Waals surface area contributed by atoms with Crippen LogP contribution in [-0.2, 0) is 4.74 Å². The average molecular weight is 286 g/mol. The summed E-state index contributed by atoms with van der Waals surface area (Å²) < 4.78 is 6.32. The summed E-state index contributed by atoms with van der Waals surface area (Å²) in [5, 5.41) is 3.01. The van der Waals surface area contributed by atoms with E-state index >= 15 is 0 Å². The third-order valence-electron chi connectivity index (χ3n) is 5.49. The molecule has 5 rings (SSSR count). The number of amides is 2. The maximum absolute atomic E-state index is 12.6. The molecule has 21 heavy (non-hydrogen) atoms. The van der Waals surface area contributed by atoms with Gasteiger partial charge in [-0.2, -0.15) is 0 Å². The zero-order chi connectivity index (χ0) is 14.8. The molecule has 112 valence electrons. The molecule has 1 saturated carbocycles. The molecule has 1 aromatic carbocycles. The van der Waals surface area contributed by atoms with Crippen LogP contribution in [0.25, 0.3) is 0 Å². The Bertz CT molecular complexity index is 586. The molecule has 3 aliphatic heterocycles. The molecule has 4 nitrogen and oxygen atoms in total. The van der Waals surface area contributed by atoms with E-state index in [1.807, 2.05) is 35.2 Å². The first kappa shape index (κ1) is 13.1. The Hall–Kier alpha value is -1.55. The topological polar surface area (TPSA) is 41.3 Å². The highest BCUT2D eigenvalue weighted by Crippen LogP contribution is 2.60. The summed E-state index contributed by atoms with van der Waals surface area (Å²) in [5.41, 5.74) is 0.538. The molecule has 4 atom stereocenters. The molecular weight excluding hydrogens is 264 g/mol. The quantitative estimate of drug-likeness (QED) is 0.805. The van der Waals surface area contributed by atoms with Gasteiger partial charge in [0, 0.05) is 11.6 Å². The number of benzene rings is 1. The summed E-state index contributed by atoms with van der Waals surface area (Å²) in [6.07, 6.45) is 2.21. The van der Waals surface area contributed by atoms with Crippen molar-refractivity contribution in [3.05, 3.63) is 30.3 Å². The molecule has 3 saturated heterocycles. The number of para-hydroxylation sites is 1. The highest BCUT2D eigenvalue weighted by atomic mass is 16.5. The van der Waals surface area contributed by atoms with E-state index in [9.17, 15) is 4.79 Å². The Balaban J connectivity index is 1.56.